The summed E-state index contributed by atoms with van der Waals surface area (Å²) < 4.78 is 13.7. The minimum atomic E-state index is -0.352. The van der Waals surface area contributed by atoms with Crippen LogP contribution in [0.3, 0.4) is 0 Å². The predicted molar refractivity (Wildman–Crippen MR) is 87.4 cm³/mol. The number of thiazole rings is 1. The molecule has 0 aliphatic carbocycles. The molecule has 0 atom stereocenters. The maximum Gasteiger partial charge on any atom is 0.134 e. The van der Waals surface area contributed by atoms with E-state index in [0.717, 1.165) is 11.3 Å². The molecule has 0 aliphatic rings. The summed E-state index contributed by atoms with van der Waals surface area (Å²) in [4.78, 5) is 4.48. The highest BCUT2D eigenvalue weighted by atomic mass is 32.1. The molecule has 0 amide bonds. The van der Waals surface area contributed by atoms with Gasteiger partial charge in [-0.15, -0.1) is 11.3 Å². The summed E-state index contributed by atoms with van der Waals surface area (Å²) in [7, 11) is 0. The molecular formula is C18H11FN2S. The van der Waals surface area contributed by atoms with Crippen LogP contribution in [0.4, 0.5) is 4.39 Å². The fourth-order valence-corrected chi connectivity index (χ4v) is 2.82. The second kappa shape index (κ2) is 6.33. The molecule has 0 fully saturated rings. The van der Waals surface area contributed by atoms with E-state index in [1.54, 1.807) is 18.2 Å². The molecule has 106 valence electrons. The monoisotopic (exact) mass is 306 g/mol. The zero-order valence-corrected chi connectivity index (χ0v) is 12.3. The zero-order valence-electron chi connectivity index (χ0n) is 11.5. The van der Waals surface area contributed by atoms with Crippen molar-refractivity contribution in [3.8, 4) is 17.3 Å². The molecule has 0 bridgehead atoms. The average Bonchev–Trinajstić information content (AvgIpc) is 3.05. The number of rotatable bonds is 3. The molecule has 0 radical (unpaired) electrons. The Kier molecular flexibility index (Phi) is 4.08. The maximum absolute atomic E-state index is 13.7. The molecule has 4 heteroatoms. The molecule has 3 aromatic rings. The third-order valence-corrected chi connectivity index (χ3v) is 4.01. The summed E-state index contributed by atoms with van der Waals surface area (Å²) in [6.45, 7) is 0. The number of hydrogen-bond acceptors (Lipinski definition) is 3. The van der Waals surface area contributed by atoms with Gasteiger partial charge < -0.3 is 0 Å². The summed E-state index contributed by atoms with van der Waals surface area (Å²) in [5.41, 5.74) is 2.55. The van der Waals surface area contributed by atoms with Gasteiger partial charge in [0.05, 0.1) is 11.3 Å². The van der Waals surface area contributed by atoms with E-state index in [4.69, 9.17) is 0 Å². The predicted octanol–water partition coefficient (Wildman–Crippen LogP) is 5.01. The van der Waals surface area contributed by atoms with Gasteiger partial charge in [-0.05, 0) is 12.1 Å². The van der Waals surface area contributed by atoms with E-state index in [9.17, 15) is 9.65 Å². The number of nitrogens with zero attached hydrogens (tertiary/aromatic N) is 2. The first-order valence-corrected chi connectivity index (χ1v) is 7.53. The highest BCUT2D eigenvalue weighted by molar-refractivity contribution is 7.11. The second-order valence-corrected chi connectivity index (χ2v) is 5.45. The van der Waals surface area contributed by atoms with Crippen LogP contribution in [0.2, 0.25) is 0 Å². The van der Waals surface area contributed by atoms with Gasteiger partial charge in [0.1, 0.15) is 16.9 Å². The lowest BCUT2D eigenvalue weighted by Gasteiger charge is -1.97. The molecule has 0 saturated carbocycles. The van der Waals surface area contributed by atoms with Crippen molar-refractivity contribution in [1.82, 2.24) is 4.98 Å². The summed E-state index contributed by atoms with van der Waals surface area (Å²) in [5, 5.41) is 11.8. The Morgan fingerprint density at radius 3 is 2.55 bits per heavy atom. The van der Waals surface area contributed by atoms with Gasteiger partial charge in [-0.1, -0.05) is 48.5 Å². The molecule has 0 saturated heterocycles. The van der Waals surface area contributed by atoms with Gasteiger partial charge >= 0.3 is 0 Å². The molecule has 0 aliphatic heterocycles. The van der Waals surface area contributed by atoms with Gasteiger partial charge in [0.2, 0.25) is 0 Å². The zero-order chi connectivity index (χ0) is 15.4. The van der Waals surface area contributed by atoms with Crippen molar-refractivity contribution in [2.45, 2.75) is 0 Å². The quantitative estimate of drug-likeness (QED) is 0.637. The molecule has 2 aromatic carbocycles. The van der Waals surface area contributed by atoms with Crippen LogP contribution >= 0.6 is 11.3 Å². The van der Waals surface area contributed by atoms with Crippen molar-refractivity contribution in [3.63, 3.8) is 0 Å². The summed E-state index contributed by atoms with van der Waals surface area (Å²) >= 11 is 1.38. The number of hydrogen-bond donors (Lipinski definition) is 0. The SMILES string of the molecule is N#CC(=Cc1ccccc1F)c1nc(-c2ccccc2)cs1. The van der Waals surface area contributed by atoms with Crippen molar-refractivity contribution in [1.29, 1.82) is 5.26 Å². The first-order chi connectivity index (χ1) is 10.8. The lowest BCUT2D eigenvalue weighted by atomic mass is 10.1. The van der Waals surface area contributed by atoms with E-state index in [0.29, 0.717) is 16.1 Å². The highest BCUT2D eigenvalue weighted by Gasteiger charge is 2.09. The third-order valence-electron chi connectivity index (χ3n) is 3.13. The van der Waals surface area contributed by atoms with Crippen LogP contribution in [0.5, 0.6) is 0 Å². The summed E-state index contributed by atoms with van der Waals surface area (Å²) in [6, 6.07) is 18.2. The van der Waals surface area contributed by atoms with E-state index >= 15 is 0 Å². The Morgan fingerprint density at radius 1 is 1.09 bits per heavy atom. The van der Waals surface area contributed by atoms with E-state index in [2.05, 4.69) is 11.1 Å². The number of aromatic nitrogens is 1. The van der Waals surface area contributed by atoms with Crippen LogP contribution in [-0.2, 0) is 0 Å². The Balaban J connectivity index is 1.98. The van der Waals surface area contributed by atoms with Crippen molar-refractivity contribution >= 4 is 23.0 Å². The molecule has 0 N–H and O–H groups in total. The minimum absolute atomic E-state index is 0.352. The molecule has 3 rings (SSSR count). The van der Waals surface area contributed by atoms with Gasteiger partial charge in [0.25, 0.3) is 0 Å². The molecule has 1 aromatic heterocycles. The molecular weight excluding hydrogens is 295 g/mol. The smallest absolute Gasteiger partial charge is 0.134 e. The van der Waals surface area contributed by atoms with Gasteiger partial charge in [0, 0.05) is 16.5 Å². The van der Waals surface area contributed by atoms with Crippen molar-refractivity contribution in [2.75, 3.05) is 0 Å². The molecule has 2 nitrogen and oxygen atoms in total. The lowest BCUT2D eigenvalue weighted by Crippen LogP contribution is -1.85. The normalized spacial score (nSPS) is 11.2. The Bertz CT molecular complexity index is 860. The van der Waals surface area contributed by atoms with E-state index in [1.807, 2.05) is 35.7 Å². The van der Waals surface area contributed by atoms with Crippen LogP contribution < -0.4 is 0 Å². The van der Waals surface area contributed by atoms with Crippen LogP contribution in [0.25, 0.3) is 22.9 Å². The number of halogens is 1. The average molecular weight is 306 g/mol. The van der Waals surface area contributed by atoms with Crippen molar-refractivity contribution in [2.24, 2.45) is 0 Å². The Hall–Kier alpha value is -2.77. The van der Waals surface area contributed by atoms with Gasteiger partial charge in [0.15, 0.2) is 0 Å². The molecule has 22 heavy (non-hydrogen) atoms. The van der Waals surface area contributed by atoms with Gasteiger partial charge in [-0.3, -0.25) is 0 Å². The summed E-state index contributed by atoms with van der Waals surface area (Å²) in [5.74, 6) is -0.352. The topological polar surface area (TPSA) is 36.7 Å². The number of nitriles is 1. The third kappa shape index (κ3) is 2.95. The first-order valence-electron chi connectivity index (χ1n) is 6.65. The van der Waals surface area contributed by atoms with Crippen LogP contribution in [-0.4, -0.2) is 4.98 Å². The van der Waals surface area contributed by atoms with Gasteiger partial charge in [-0.2, -0.15) is 5.26 Å². The van der Waals surface area contributed by atoms with E-state index in [1.165, 1.54) is 23.5 Å². The Labute approximate surface area is 131 Å². The van der Waals surface area contributed by atoms with Crippen LogP contribution in [0, 0.1) is 17.1 Å². The van der Waals surface area contributed by atoms with Crippen molar-refractivity contribution in [3.05, 3.63) is 76.4 Å². The lowest BCUT2D eigenvalue weighted by molar-refractivity contribution is 0.625. The van der Waals surface area contributed by atoms with E-state index < -0.39 is 0 Å². The van der Waals surface area contributed by atoms with Gasteiger partial charge in [-0.25, -0.2) is 9.37 Å². The van der Waals surface area contributed by atoms with E-state index in [-0.39, 0.29) is 5.82 Å². The number of allylic oxidation sites excluding steroid dienone is 1. The first kappa shape index (κ1) is 14.2. The number of benzene rings is 2. The summed E-state index contributed by atoms with van der Waals surface area (Å²) in [6.07, 6.45) is 1.53. The fourth-order valence-electron chi connectivity index (χ4n) is 2.03. The second-order valence-electron chi connectivity index (χ2n) is 4.60. The minimum Gasteiger partial charge on any atom is -0.235 e. The largest absolute Gasteiger partial charge is 0.235 e. The Morgan fingerprint density at radius 2 is 1.82 bits per heavy atom. The molecule has 0 spiro atoms. The van der Waals surface area contributed by atoms with Crippen LogP contribution in [0.15, 0.2) is 60.0 Å². The van der Waals surface area contributed by atoms with Crippen molar-refractivity contribution < 1.29 is 4.39 Å². The fraction of sp³-hybridized carbons (Fsp3) is 0. The highest BCUT2D eigenvalue weighted by Crippen LogP contribution is 2.27. The van der Waals surface area contributed by atoms with Crippen LogP contribution in [0.1, 0.15) is 10.6 Å². The molecule has 1 heterocycles. The molecule has 0 unspecified atom stereocenters. The standard InChI is InChI=1S/C18H11FN2S/c19-16-9-5-4-8-14(16)10-15(11-20)18-21-17(12-22-18)13-6-2-1-3-7-13/h1-10,12H. The maximum atomic E-state index is 13.7.